The molecule has 0 bridgehead atoms. The first-order valence-corrected chi connectivity index (χ1v) is 21.7. The molecule has 2 aliphatic heterocycles. The zero-order valence-electron chi connectivity index (χ0n) is 34.1. The molecule has 0 atom stereocenters. The van der Waals surface area contributed by atoms with E-state index in [-0.39, 0.29) is 35.2 Å². The van der Waals surface area contributed by atoms with Gasteiger partial charge >= 0.3 is 0 Å². The molecule has 2 aliphatic rings. The number of carbonyl (C=O) groups is 6. The number of ether oxygens (including phenoxy) is 1. The molecular weight excluding hydrogens is 741 g/mol. The topological polar surface area (TPSA) is 118 Å². The largest absolute Gasteiger partial charge is 0.457 e. The maximum atomic E-state index is 12.9. The summed E-state index contributed by atoms with van der Waals surface area (Å²) < 4.78 is 6.03. The Morgan fingerprint density at radius 3 is 1.17 bits per heavy atom. The number of imide groups is 2. The van der Waals surface area contributed by atoms with Gasteiger partial charge in [-0.05, 0) is 86.3 Å². The molecule has 0 radical (unpaired) electrons. The summed E-state index contributed by atoms with van der Waals surface area (Å²) in [4.78, 5) is 78.4. The first-order chi connectivity index (χ1) is 28.8. The van der Waals surface area contributed by atoms with Gasteiger partial charge in [-0.15, -0.1) is 0 Å². The third kappa shape index (κ3) is 11.7. The lowest BCUT2D eigenvalue weighted by molar-refractivity contribution is 0.0636. The van der Waals surface area contributed by atoms with Crippen molar-refractivity contribution in [2.24, 2.45) is 0 Å². The second-order valence-electron chi connectivity index (χ2n) is 15.8. The summed E-state index contributed by atoms with van der Waals surface area (Å²) in [5, 5.41) is 0. The predicted octanol–water partition coefficient (Wildman–Crippen LogP) is 11.5. The van der Waals surface area contributed by atoms with E-state index in [0.717, 1.165) is 103 Å². The number of rotatable bonds is 26. The lowest BCUT2D eigenvalue weighted by atomic mass is 10.0. The number of unbranched alkanes of at least 4 members (excludes halogenated alkanes) is 14. The Bertz CT molecular complexity index is 2040. The lowest BCUT2D eigenvalue weighted by Gasteiger charge is -2.13. The van der Waals surface area contributed by atoms with E-state index in [2.05, 4.69) is 0 Å². The van der Waals surface area contributed by atoms with Gasteiger partial charge in [-0.1, -0.05) is 113 Å². The summed E-state index contributed by atoms with van der Waals surface area (Å²) in [5.41, 5.74) is 3.32. The summed E-state index contributed by atoms with van der Waals surface area (Å²) in [6.45, 7) is 0.936. The molecule has 0 saturated carbocycles. The highest BCUT2D eigenvalue weighted by molar-refractivity contribution is 6.22. The summed E-state index contributed by atoms with van der Waals surface area (Å²) in [7, 11) is 0. The molecule has 308 valence electrons. The molecule has 0 aliphatic carbocycles. The van der Waals surface area contributed by atoms with Gasteiger partial charge in [0.25, 0.3) is 23.6 Å². The van der Waals surface area contributed by atoms with Gasteiger partial charge in [0, 0.05) is 37.1 Å². The molecular formula is C50H56N2O7. The number of Topliss-reactive ketones (excluding diaryl/α,β-unsaturated/α-hetero) is 2. The van der Waals surface area contributed by atoms with Crippen molar-refractivity contribution in [2.45, 2.75) is 116 Å². The molecule has 0 aromatic heterocycles. The van der Waals surface area contributed by atoms with E-state index in [1.165, 1.54) is 9.80 Å². The first-order valence-electron chi connectivity index (χ1n) is 21.7. The summed E-state index contributed by atoms with van der Waals surface area (Å²) in [6, 6.07) is 28.5. The fourth-order valence-electron chi connectivity index (χ4n) is 7.98. The van der Waals surface area contributed by atoms with Crippen molar-refractivity contribution in [1.29, 1.82) is 0 Å². The summed E-state index contributed by atoms with van der Waals surface area (Å²) >= 11 is 0. The van der Waals surface area contributed by atoms with Crippen LogP contribution in [-0.2, 0) is 0 Å². The van der Waals surface area contributed by atoms with Crippen LogP contribution in [-0.4, -0.2) is 58.1 Å². The van der Waals surface area contributed by atoms with E-state index in [1.54, 1.807) is 78.9 Å². The maximum Gasteiger partial charge on any atom is 0.261 e. The van der Waals surface area contributed by atoms with Gasteiger partial charge in [-0.3, -0.25) is 38.6 Å². The Morgan fingerprint density at radius 1 is 0.373 bits per heavy atom. The van der Waals surface area contributed by atoms with Gasteiger partial charge in [-0.25, -0.2) is 0 Å². The van der Waals surface area contributed by atoms with Crippen LogP contribution in [0.5, 0.6) is 11.5 Å². The molecule has 6 rings (SSSR count). The average Bonchev–Trinajstić information content (AvgIpc) is 3.65. The van der Waals surface area contributed by atoms with Crippen molar-refractivity contribution < 1.29 is 33.5 Å². The lowest BCUT2D eigenvalue weighted by Crippen LogP contribution is -2.30. The van der Waals surface area contributed by atoms with E-state index >= 15 is 0 Å². The van der Waals surface area contributed by atoms with Crippen molar-refractivity contribution in [3.8, 4) is 11.5 Å². The van der Waals surface area contributed by atoms with Crippen LogP contribution in [0, 0.1) is 0 Å². The third-order valence-corrected chi connectivity index (χ3v) is 11.4. The minimum absolute atomic E-state index is 0.0990. The van der Waals surface area contributed by atoms with Crippen LogP contribution in [0.3, 0.4) is 0 Å². The van der Waals surface area contributed by atoms with E-state index in [1.807, 2.05) is 18.2 Å². The minimum atomic E-state index is -0.183. The second-order valence-corrected chi connectivity index (χ2v) is 15.8. The second kappa shape index (κ2) is 21.9. The van der Waals surface area contributed by atoms with Crippen LogP contribution in [0.2, 0.25) is 0 Å². The number of ketones is 2. The van der Waals surface area contributed by atoms with Gasteiger partial charge in [0.2, 0.25) is 0 Å². The van der Waals surface area contributed by atoms with Gasteiger partial charge in [-0.2, -0.15) is 0 Å². The van der Waals surface area contributed by atoms with Crippen LogP contribution in [0.15, 0.2) is 97.1 Å². The van der Waals surface area contributed by atoms with Crippen LogP contribution >= 0.6 is 0 Å². The number of fused-ring (bicyclic) bond motifs is 2. The number of nitrogens with zero attached hydrogens (tertiary/aromatic N) is 2. The zero-order valence-corrected chi connectivity index (χ0v) is 34.1. The maximum absolute atomic E-state index is 12.9. The highest BCUT2D eigenvalue weighted by Crippen LogP contribution is 2.26. The molecule has 4 amide bonds. The van der Waals surface area contributed by atoms with Gasteiger partial charge in [0.05, 0.1) is 22.3 Å². The molecule has 0 unspecified atom stereocenters. The highest BCUT2D eigenvalue weighted by atomic mass is 16.5. The van der Waals surface area contributed by atoms with E-state index in [9.17, 15) is 28.8 Å². The monoisotopic (exact) mass is 796 g/mol. The standard InChI is InChI=1S/C50H56N2O7/c53-45(28-13-9-5-1-3-7-11-19-34-51-47(55)41-24-15-16-25-42(41)48(51)56)37-30-32-39(33-31-37)59-40-23-21-22-38(36-40)46(54)29-14-10-6-2-4-8-12-20-35-52-49(57)43-26-17-18-27-44(43)50(52)58/h15-18,21-27,30-33,36H,1-14,19-20,28-29,34-35H2. The predicted molar refractivity (Wildman–Crippen MR) is 228 cm³/mol. The van der Waals surface area contributed by atoms with E-state index in [0.29, 0.717) is 70.8 Å². The Morgan fingerprint density at radius 2 is 0.746 bits per heavy atom. The molecule has 4 aromatic rings. The third-order valence-electron chi connectivity index (χ3n) is 11.4. The molecule has 2 heterocycles. The van der Waals surface area contributed by atoms with Gasteiger partial charge < -0.3 is 4.74 Å². The Balaban J connectivity index is 0.768. The van der Waals surface area contributed by atoms with Crippen LogP contribution < -0.4 is 4.74 Å². The highest BCUT2D eigenvalue weighted by Gasteiger charge is 2.35. The van der Waals surface area contributed by atoms with Crippen molar-refractivity contribution in [1.82, 2.24) is 9.80 Å². The summed E-state index contributed by atoms with van der Waals surface area (Å²) in [5.74, 6) is 0.682. The molecule has 4 aromatic carbocycles. The van der Waals surface area contributed by atoms with Crippen LogP contribution in [0.1, 0.15) is 178 Å². The van der Waals surface area contributed by atoms with Crippen LogP contribution in [0.25, 0.3) is 0 Å². The number of hydrogen-bond acceptors (Lipinski definition) is 7. The smallest absolute Gasteiger partial charge is 0.261 e. The summed E-state index contributed by atoms with van der Waals surface area (Å²) in [6.07, 6.45) is 17.0. The molecule has 59 heavy (non-hydrogen) atoms. The SMILES string of the molecule is O=C(CCCCCCCCCCN1C(=O)c2ccccc2C1=O)c1ccc(Oc2cccc(C(=O)CCCCCCCCCCN3C(=O)c4ccccc4C3=O)c2)cc1. The minimum Gasteiger partial charge on any atom is -0.457 e. The Labute approximate surface area is 348 Å². The Kier molecular flexibility index (Phi) is 15.9. The van der Waals surface area contributed by atoms with Gasteiger partial charge in [0.15, 0.2) is 11.6 Å². The fourth-order valence-corrected chi connectivity index (χ4v) is 7.98. The molecule has 0 N–H and O–H groups in total. The van der Waals surface area contributed by atoms with Crippen LogP contribution in [0.4, 0.5) is 0 Å². The molecule has 9 nitrogen and oxygen atoms in total. The fraction of sp³-hybridized carbons (Fsp3) is 0.400. The molecule has 9 heteroatoms. The number of carbonyl (C=O) groups excluding carboxylic acids is 6. The van der Waals surface area contributed by atoms with Crippen molar-refractivity contribution >= 4 is 35.2 Å². The van der Waals surface area contributed by atoms with Crippen molar-refractivity contribution in [3.05, 3.63) is 130 Å². The molecule has 0 saturated heterocycles. The molecule has 0 fully saturated rings. The quantitative estimate of drug-likeness (QED) is 0.0353. The van der Waals surface area contributed by atoms with E-state index in [4.69, 9.17) is 4.74 Å². The molecule has 0 spiro atoms. The van der Waals surface area contributed by atoms with Crippen molar-refractivity contribution in [3.63, 3.8) is 0 Å². The Hall–Kier alpha value is -5.70. The normalized spacial score (nSPS) is 13.3. The van der Waals surface area contributed by atoms with Crippen molar-refractivity contribution in [2.75, 3.05) is 13.1 Å². The average molecular weight is 797 g/mol. The zero-order chi connectivity index (χ0) is 41.4. The van der Waals surface area contributed by atoms with E-state index < -0.39 is 0 Å². The first kappa shape index (κ1) is 42.9. The number of benzene rings is 4. The number of amides is 4. The van der Waals surface area contributed by atoms with Gasteiger partial charge in [0.1, 0.15) is 11.5 Å². The number of hydrogen-bond donors (Lipinski definition) is 0.